The van der Waals surface area contributed by atoms with Crippen LogP contribution in [0.5, 0.6) is 0 Å². The van der Waals surface area contributed by atoms with Gasteiger partial charge in [-0.15, -0.1) is 0 Å². The fourth-order valence-corrected chi connectivity index (χ4v) is 3.01. The zero-order chi connectivity index (χ0) is 13.9. The summed E-state index contributed by atoms with van der Waals surface area (Å²) in [6, 6.07) is 4.14. The first kappa shape index (κ1) is 13.3. The summed E-state index contributed by atoms with van der Waals surface area (Å²) < 4.78 is 5.40. The van der Waals surface area contributed by atoms with Crippen molar-refractivity contribution >= 4 is 5.82 Å². The van der Waals surface area contributed by atoms with E-state index in [-0.39, 0.29) is 12.6 Å². The Balaban J connectivity index is 2.01. The van der Waals surface area contributed by atoms with E-state index in [1.807, 2.05) is 11.0 Å². The van der Waals surface area contributed by atoms with Gasteiger partial charge in [-0.05, 0) is 37.3 Å². The van der Waals surface area contributed by atoms with Gasteiger partial charge in [0.05, 0.1) is 31.4 Å². The molecule has 0 amide bonds. The normalized spacial score (nSPS) is 22.2. The molecule has 1 saturated heterocycles. The van der Waals surface area contributed by atoms with E-state index >= 15 is 0 Å². The Hall–Kier alpha value is -1.64. The molecule has 5 nitrogen and oxygen atoms in total. The molecule has 2 heterocycles. The van der Waals surface area contributed by atoms with E-state index in [4.69, 9.17) is 9.72 Å². The second kappa shape index (κ2) is 5.78. The molecule has 2 aliphatic rings. The molecule has 0 radical (unpaired) electrons. The lowest BCUT2D eigenvalue weighted by molar-refractivity contribution is 0.0722. The summed E-state index contributed by atoms with van der Waals surface area (Å²) in [5, 5.41) is 18.9. The molecule has 5 heteroatoms. The van der Waals surface area contributed by atoms with E-state index in [1.165, 1.54) is 12.0 Å². The van der Waals surface area contributed by atoms with Gasteiger partial charge in [0, 0.05) is 12.2 Å². The number of nitrogens with zero attached hydrogens (tertiary/aromatic N) is 3. The number of aliphatic hydroxyl groups is 1. The number of rotatable bonds is 2. The molecule has 1 N–H and O–H groups in total. The van der Waals surface area contributed by atoms with E-state index in [0.29, 0.717) is 25.3 Å². The van der Waals surface area contributed by atoms with Gasteiger partial charge in [-0.1, -0.05) is 0 Å². The summed E-state index contributed by atoms with van der Waals surface area (Å²) in [5.41, 5.74) is 2.95. The highest BCUT2D eigenvalue weighted by Gasteiger charge is 2.27. The summed E-state index contributed by atoms with van der Waals surface area (Å²) in [6.07, 6.45) is 4.35. The number of morpholine rings is 1. The Bertz CT molecular complexity index is 539. The van der Waals surface area contributed by atoms with E-state index in [1.54, 1.807) is 0 Å². The highest BCUT2D eigenvalue weighted by Crippen LogP contribution is 2.28. The highest BCUT2D eigenvalue weighted by molar-refractivity contribution is 5.57. The van der Waals surface area contributed by atoms with Gasteiger partial charge in [-0.3, -0.25) is 0 Å². The smallest absolute Gasteiger partial charge is 0.147 e. The molecule has 0 aromatic carbocycles. The lowest BCUT2D eigenvalue weighted by atomic mass is 9.94. The first-order chi connectivity index (χ1) is 9.83. The number of nitriles is 1. The Morgan fingerprint density at radius 1 is 1.45 bits per heavy atom. The van der Waals surface area contributed by atoms with Crippen LogP contribution in [0.1, 0.15) is 29.7 Å². The van der Waals surface area contributed by atoms with Gasteiger partial charge in [-0.2, -0.15) is 5.26 Å². The van der Waals surface area contributed by atoms with Crippen LogP contribution in [0.3, 0.4) is 0 Å². The highest BCUT2D eigenvalue weighted by atomic mass is 16.5. The number of anilines is 1. The van der Waals surface area contributed by atoms with Crippen LogP contribution < -0.4 is 4.90 Å². The molecule has 106 valence electrons. The molecule has 0 saturated carbocycles. The minimum atomic E-state index is -0.106. The van der Waals surface area contributed by atoms with Crippen LogP contribution in [0, 0.1) is 11.3 Å². The van der Waals surface area contributed by atoms with Crippen LogP contribution in [0.15, 0.2) is 6.07 Å². The molecule has 0 spiro atoms. The predicted molar refractivity (Wildman–Crippen MR) is 74.6 cm³/mol. The van der Waals surface area contributed by atoms with Crippen molar-refractivity contribution in [3.05, 3.63) is 22.9 Å². The van der Waals surface area contributed by atoms with Crippen LogP contribution in [0.4, 0.5) is 5.82 Å². The fourth-order valence-electron chi connectivity index (χ4n) is 3.01. The number of hydrogen-bond acceptors (Lipinski definition) is 5. The second-order valence-corrected chi connectivity index (χ2v) is 5.39. The minimum Gasteiger partial charge on any atom is -0.394 e. The average molecular weight is 273 g/mol. The van der Waals surface area contributed by atoms with Gasteiger partial charge in [0.1, 0.15) is 11.9 Å². The zero-order valence-corrected chi connectivity index (χ0v) is 11.5. The molecule has 1 aromatic rings. The maximum Gasteiger partial charge on any atom is 0.147 e. The Kier molecular flexibility index (Phi) is 3.86. The Morgan fingerprint density at radius 3 is 3.10 bits per heavy atom. The zero-order valence-electron chi connectivity index (χ0n) is 11.5. The molecule has 20 heavy (non-hydrogen) atoms. The largest absolute Gasteiger partial charge is 0.394 e. The standard InChI is InChI=1S/C15H19N3O2/c16-8-12-7-11-3-1-2-4-14(11)17-15(12)18-5-6-20-10-13(18)9-19/h7,13,19H,1-6,9-10H2. The maximum absolute atomic E-state index is 9.49. The number of aryl methyl sites for hydroxylation is 2. The van der Waals surface area contributed by atoms with Crippen molar-refractivity contribution < 1.29 is 9.84 Å². The van der Waals surface area contributed by atoms with E-state index in [0.717, 1.165) is 30.8 Å². The average Bonchev–Trinajstić information content (AvgIpc) is 2.53. The van der Waals surface area contributed by atoms with Crippen molar-refractivity contribution in [3.63, 3.8) is 0 Å². The summed E-state index contributed by atoms with van der Waals surface area (Å²) in [7, 11) is 0. The lowest BCUT2D eigenvalue weighted by Gasteiger charge is -2.36. The molecule has 1 unspecified atom stereocenters. The topological polar surface area (TPSA) is 69.4 Å². The molecule has 1 aromatic heterocycles. The Labute approximate surface area is 118 Å². The maximum atomic E-state index is 9.49. The number of hydrogen-bond donors (Lipinski definition) is 1. The number of fused-ring (bicyclic) bond motifs is 1. The van der Waals surface area contributed by atoms with Crippen LogP contribution in [-0.4, -0.2) is 42.5 Å². The molecule has 0 bridgehead atoms. The van der Waals surface area contributed by atoms with Gasteiger partial charge >= 0.3 is 0 Å². The molecule has 1 aliphatic carbocycles. The summed E-state index contributed by atoms with van der Waals surface area (Å²) in [5.74, 6) is 0.718. The van der Waals surface area contributed by atoms with Crippen LogP contribution in [0.2, 0.25) is 0 Å². The molecule has 1 atom stereocenters. The minimum absolute atomic E-state index is 0.0175. The molecule has 1 aliphatic heterocycles. The van der Waals surface area contributed by atoms with Crippen molar-refractivity contribution in [2.24, 2.45) is 0 Å². The molecule has 3 rings (SSSR count). The van der Waals surface area contributed by atoms with Crippen molar-refractivity contribution in [1.82, 2.24) is 4.98 Å². The number of aromatic nitrogens is 1. The number of aliphatic hydroxyl groups excluding tert-OH is 1. The first-order valence-corrected chi connectivity index (χ1v) is 7.21. The quantitative estimate of drug-likeness (QED) is 0.871. The summed E-state index contributed by atoms with van der Waals surface area (Å²) in [6.45, 7) is 1.79. The predicted octanol–water partition coefficient (Wildman–Crippen LogP) is 1.03. The van der Waals surface area contributed by atoms with Crippen LogP contribution >= 0.6 is 0 Å². The first-order valence-electron chi connectivity index (χ1n) is 7.21. The Morgan fingerprint density at radius 2 is 2.30 bits per heavy atom. The SMILES string of the molecule is N#Cc1cc2c(nc1N1CCOCC1CO)CCCC2. The van der Waals surface area contributed by atoms with Crippen molar-refractivity contribution in [2.75, 3.05) is 31.3 Å². The van der Waals surface area contributed by atoms with Gasteiger partial charge in [0.2, 0.25) is 0 Å². The third kappa shape index (κ3) is 2.37. The van der Waals surface area contributed by atoms with E-state index in [2.05, 4.69) is 6.07 Å². The van der Waals surface area contributed by atoms with Crippen molar-refractivity contribution in [2.45, 2.75) is 31.7 Å². The van der Waals surface area contributed by atoms with Gasteiger partial charge < -0.3 is 14.7 Å². The van der Waals surface area contributed by atoms with Gasteiger partial charge in [-0.25, -0.2) is 4.98 Å². The number of pyridine rings is 1. The second-order valence-electron chi connectivity index (χ2n) is 5.39. The third-order valence-electron chi connectivity index (χ3n) is 4.11. The lowest BCUT2D eigenvalue weighted by Crippen LogP contribution is -2.48. The molecular formula is C15H19N3O2. The molecular weight excluding hydrogens is 254 g/mol. The van der Waals surface area contributed by atoms with E-state index in [9.17, 15) is 10.4 Å². The van der Waals surface area contributed by atoms with Gasteiger partial charge in [0.15, 0.2) is 0 Å². The summed E-state index contributed by atoms with van der Waals surface area (Å²) in [4.78, 5) is 6.77. The third-order valence-corrected chi connectivity index (χ3v) is 4.11. The number of ether oxygens (including phenoxy) is 1. The van der Waals surface area contributed by atoms with E-state index < -0.39 is 0 Å². The van der Waals surface area contributed by atoms with Gasteiger partial charge in [0.25, 0.3) is 0 Å². The summed E-state index contributed by atoms with van der Waals surface area (Å²) >= 11 is 0. The van der Waals surface area contributed by atoms with Crippen LogP contribution in [-0.2, 0) is 17.6 Å². The van der Waals surface area contributed by atoms with Crippen LogP contribution in [0.25, 0.3) is 0 Å². The monoisotopic (exact) mass is 273 g/mol. The fraction of sp³-hybridized carbons (Fsp3) is 0.600. The van der Waals surface area contributed by atoms with Crippen molar-refractivity contribution in [3.8, 4) is 6.07 Å². The molecule has 1 fully saturated rings. The van der Waals surface area contributed by atoms with Crippen molar-refractivity contribution in [1.29, 1.82) is 5.26 Å².